The average molecular weight is 416 g/mol. The van der Waals surface area contributed by atoms with Gasteiger partial charge in [0.05, 0.1) is 10.6 Å². The Hall–Kier alpha value is -2.42. The van der Waals surface area contributed by atoms with E-state index in [-0.39, 0.29) is 16.8 Å². The summed E-state index contributed by atoms with van der Waals surface area (Å²) in [5.41, 5.74) is 1.65. The van der Waals surface area contributed by atoms with E-state index in [1.807, 2.05) is 18.2 Å². The van der Waals surface area contributed by atoms with Crippen molar-refractivity contribution >= 4 is 21.6 Å². The van der Waals surface area contributed by atoms with Crippen molar-refractivity contribution in [2.75, 3.05) is 18.4 Å². The highest BCUT2D eigenvalue weighted by molar-refractivity contribution is 7.89. The van der Waals surface area contributed by atoms with Crippen LogP contribution in [0.5, 0.6) is 5.75 Å². The molecule has 1 saturated heterocycles. The lowest BCUT2D eigenvalue weighted by Crippen LogP contribution is -2.44. The number of sulfonamides is 1. The molecular formula is C21H25N3O4S. The lowest BCUT2D eigenvalue weighted by atomic mass is 10.1. The van der Waals surface area contributed by atoms with Gasteiger partial charge in [0.2, 0.25) is 10.0 Å². The quantitative estimate of drug-likeness (QED) is 0.783. The molecule has 2 aromatic rings. The van der Waals surface area contributed by atoms with Crippen molar-refractivity contribution in [2.24, 2.45) is 0 Å². The van der Waals surface area contributed by atoms with Crippen LogP contribution in [0.15, 0.2) is 53.4 Å². The Kier molecular flexibility index (Phi) is 5.58. The lowest BCUT2D eigenvalue weighted by molar-refractivity contribution is -0.122. The largest absolute Gasteiger partial charge is 0.479 e. The van der Waals surface area contributed by atoms with Crippen LogP contribution in [0, 0.1) is 0 Å². The van der Waals surface area contributed by atoms with Crippen LogP contribution in [0.4, 0.5) is 5.69 Å². The summed E-state index contributed by atoms with van der Waals surface area (Å²) in [6.07, 6.45) is 0.923. The predicted octanol–water partition coefficient (Wildman–Crippen LogP) is 2.35. The second-order valence-corrected chi connectivity index (χ2v) is 9.28. The summed E-state index contributed by atoms with van der Waals surface area (Å²) in [5, 5.41) is 2.69. The van der Waals surface area contributed by atoms with E-state index in [0.29, 0.717) is 11.4 Å². The standard InChI is InChI=1S/C21H25N3O4S/c1-15-21(25)22-19-13-18(7-8-20(19)28-15)29(26,27)23-17-9-11-24(12-10-17)14-16-5-3-2-4-6-16/h2-8,13,15,17,23H,9-12,14H2,1H3,(H,22,25). The third-order valence-corrected chi connectivity index (χ3v) is 6.87. The summed E-state index contributed by atoms with van der Waals surface area (Å²) in [5.74, 6) is 0.191. The Balaban J connectivity index is 1.37. The molecule has 4 rings (SSSR count). The first-order valence-electron chi connectivity index (χ1n) is 9.81. The number of fused-ring (bicyclic) bond motifs is 1. The number of carbonyl (C=O) groups excluding carboxylic acids is 1. The first-order valence-corrected chi connectivity index (χ1v) is 11.3. The van der Waals surface area contributed by atoms with Gasteiger partial charge in [-0.2, -0.15) is 0 Å². The van der Waals surface area contributed by atoms with E-state index < -0.39 is 16.1 Å². The zero-order valence-corrected chi connectivity index (χ0v) is 17.1. The molecule has 2 aliphatic heterocycles. The predicted molar refractivity (Wildman–Crippen MR) is 110 cm³/mol. The van der Waals surface area contributed by atoms with Crippen LogP contribution in [0.25, 0.3) is 0 Å². The molecule has 29 heavy (non-hydrogen) atoms. The molecule has 1 atom stereocenters. The Labute approximate surface area is 171 Å². The normalized spacial score (nSPS) is 20.6. The minimum Gasteiger partial charge on any atom is -0.479 e. The topological polar surface area (TPSA) is 87.7 Å². The fraction of sp³-hybridized carbons (Fsp3) is 0.381. The van der Waals surface area contributed by atoms with Gasteiger partial charge >= 0.3 is 0 Å². The van der Waals surface area contributed by atoms with Crippen LogP contribution >= 0.6 is 0 Å². The molecule has 1 amide bonds. The highest BCUT2D eigenvalue weighted by Crippen LogP contribution is 2.32. The Bertz CT molecular complexity index is 986. The van der Waals surface area contributed by atoms with E-state index in [1.54, 1.807) is 13.0 Å². The summed E-state index contributed by atoms with van der Waals surface area (Å²) in [6, 6.07) is 14.7. The number of anilines is 1. The maximum Gasteiger partial charge on any atom is 0.265 e. The monoisotopic (exact) mass is 415 g/mol. The van der Waals surface area contributed by atoms with E-state index in [0.717, 1.165) is 32.5 Å². The third-order valence-electron chi connectivity index (χ3n) is 5.35. The van der Waals surface area contributed by atoms with E-state index in [9.17, 15) is 13.2 Å². The molecule has 0 radical (unpaired) electrons. The molecule has 8 heteroatoms. The minimum atomic E-state index is -3.68. The van der Waals surface area contributed by atoms with E-state index in [1.165, 1.54) is 17.7 Å². The number of rotatable bonds is 5. The third kappa shape index (κ3) is 4.60. The smallest absolute Gasteiger partial charge is 0.265 e. The summed E-state index contributed by atoms with van der Waals surface area (Å²) in [6.45, 7) is 4.21. The van der Waals surface area contributed by atoms with Crippen molar-refractivity contribution in [1.82, 2.24) is 9.62 Å². The summed E-state index contributed by atoms with van der Waals surface area (Å²) in [4.78, 5) is 14.3. The van der Waals surface area contributed by atoms with Crippen LogP contribution in [0.1, 0.15) is 25.3 Å². The molecule has 2 aromatic carbocycles. The maximum absolute atomic E-state index is 12.8. The number of carbonyl (C=O) groups is 1. The van der Waals surface area contributed by atoms with Crippen molar-refractivity contribution in [3.05, 3.63) is 54.1 Å². The number of nitrogens with zero attached hydrogens (tertiary/aromatic N) is 1. The summed E-state index contributed by atoms with van der Waals surface area (Å²) >= 11 is 0. The van der Waals surface area contributed by atoms with Gasteiger partial charge in [-0.25, -0.2) is 13.1 Å². The van der Waals surface area contributed by atoms with Gasteiger partial charge in [0.25, 0.3) is 5.91 Å². The highest BCUT2D eigenvalue weighted by atomic mass is 32.2. The van der Waals surface area contributed by atoms with Crippen LogP contribution in [0.3, 0.4) is 0 Å². The first kappa shape index (κ1) is 19.9. The molecule has 0 bridgehead atoms. The summed E-state index contributed by atoms with van der Waals surface area (Å²) in [7, 11) is -3.68. The number of ether oxygens (including phenoxy) is 1. The zero-order valence-electron chi connectivity index (χ0n) is 16.3. The van der Waals surface area contributed by atoms with E-state index in [2.05, 4.69) is 27.1 Å². The molecule has 2 heterocycles. The molecular weight excluding hydrogens is 390 g/mol. The molecule has 1 unspecified atom stereocenters. The number of piperidine rings is 1. The molecule has 0 spiro atoms. The molecule has 7 nitrogen and oxygen atoms in total. The number of amides is 1. The number of benzene rings is 2. The van der Waals surface area contributed by atoms with Crippen LogP contribution in [0.2, 0.25) is 0 Å². The van der Waals surface area contributed by atoms with Crippen molar-refractivity contribution in [2.45, 2.75) is 43.4 Å². The Morgan fingerprint density at radius 3 is 2.59 bits per heavy atom. The molecule has 2 N–H and O–H groups in total. The van der Waals surface area contributed by atoms with E-state index in [4.69, 9.17) is 4.74 Å². The molecule has 2 aliphatic rings. The second kappa shape index (κ2) is 8.14. The maximum atomic E-state index is 12.8. The summed E-state index contributed by atoms with van der Waals surface area (Å²) < 4.78 is 34.0. The van der Waals surface area contributed by atoms with Crippen molar-refractivity contribution in [3.63, 3.8) is 0 Å². The minimum absolute atomic E-state index is 0.103. The average Bonchev–Trinajstić information content (AvgIpc) is 2.70. The van der Waals surface area contributed by atoms with Gasteiger partial charge in [0, 0.05) is 25.7 Å². The van der Waals surface area contributed by atoms with Gasteiger partial charge in [-0.05, 0) is 43.5 Å². The molecule has 0 aromatic heterocycles. The second-order valence-electron chi connectivity index (χ2n) is 7.56. The van der Waals surface area contributed by atoms with Gasteiger partial charge in [-0.3, -0.25) is 9.69 Å². The molecule has 154 valence electrons. The van der Waals surface area contributed by atoms with Crippen molar-refractivity contribution in [1.29, 1.82) is 0 Å². The van der Waals surface area contributed by atoms with Gasteiger partial charge in [0.15, 0.2) is 6.10 Å². The van der Waals surface area contributed by atoms with Gasteiger partial charge < -0.3 is 10.1 Å². The van der Waals surface area contributed by atoms with Gasteiger partial charge in [-0.15, -0.1) is 0 Å². The van der Waals surface area contributed by atoms with Crippen LogP contribution in [-0.4, -0.2) is 44.5 Å². The number of likely N-dealkylation sites (tertiary alicyclic amines) is 1. The molecule has 0 aliphatic carbocycles. The SMILES string of the molecule is CC1Oc2ccc(S(=O)(=O)NC3CCN(Cc4ccccc4)CC3)cc2NC1=O. The van der Waals surface area contributed by atoms with Gasteiger partial charge in [-0.1, -0.05) is 30.3 Å². The number of hydrogen-bond acceptors (Lipinski definition) is 5. The highest BCUT2D eigenvalue weighted by Gasteiger charge is 2.28. The van der Waals surface area contributed by atoms with Gasteiger partial charge in [0.1, 0.15) is 5.75 Å². The van der Waals surface area contributed by atoms with Crippen LogP contribution < -0.4 is 14.8 Å². The fourth-order valence-electron chi connectivity index (χ4n) is 3.69. The van der Waals surface area contributed by atoms with Crippen molar-refractivity contribution in [3.8, 4) is 5.75 Å². The molecule has 1 fully saturated rings. The number of hydrogen-bond donors (Lipinski definition) is 2. The number of nitrogens with one attached hydrogen (secondary N) is 2. The molecule has 0 saturated carbocycles. The lowest BCUT2D eigenvalue weighted by Gasteiger charge is -2.32. The Morgan fingerprint density at radius 2 is 1.86 bits per heavy atom. The Morgan fingerprint density at radius 1 is 1.14 bits per heavy atom. The zero-order chi connectivity index (χ0) is 20.4. The van der Waals surface area contributed by atoms with Crippen LogP contribution in [-0.2, 0) is 21.4 Å². The van der Waals surface area contributed by atoms with Crippen molar-refractivity contribution < 1.29 is 17.9 Å². The van der Waals surface area contributed by atoms with E-state index >= 15 is 0 Å². The first-order chi connectivity index (χ1) is 13.9. The fourth-order valence-corrected chi connectivity index (χ4v) is 5.02.